The van der Waals surface area contributed by atoms with E-state index < -0.39 is 15.8 Å². The van der Waals surface area contributed by atoms with Crippen LogP contribution in [-0.4, -0.2) is 67.8 Å². The van der Waals surface area contributed by atoms with Crippen molar-refractivity contribution >= 4 is 26.6 Å². The molecule has 0 radical (unpaired) electrons. The maximum Gasteiger partial charge on any atom is 0.262 e. The van der Waals surface area contributed by atoms with Crippen LogP contribution < -0.4 is 15.0 Å². The minimum atomic E-state index is -4.04. The highest BCUT2D eigenvalue weighted by Gasteiger charge is 2.19. The fraction of sp³-hybridized carbons (Fsp3) is 0.269. The molecule has 5 rings (SSSR count). The summed E-state index contributed by atoms with van der Waals surface area (Å²) in [6, 6.07) is 11.3. The van der Waals surface area contributed by atoms with Gasteiger partial charge in [-0.15, -0.1) is 0 Å². The number of benzene rings is 2. The second-order valence-electron chi connectivity index (χ2n) is 8.77. The molecule has 1 aliphatic rings. The fourth-order valence-corrected chi connectivity index (χ4v) is 5.28. The van der Waals surface area contributed by atoms with Crippen LogP contribution in [0.3, 0.4) is 0 Å². The number of sulfonamides is 1. The van der Waals surface area contributed by atoms with Crippen LogP contribution in [0, 0.1) is 5.82 Å². The molecule has 0 bridgehead atoms. The van der Waals surface area contributed by atoms with E-state index in [4.69, 9.17) is 9.47 Å². The summed E-state index contributed by atoms with van der Waals surface area (Å²) in [4.78, 5) is 24.1. The van der Waals surface area contributed by atoms with Crippen LogP contribution in [0.1, 0.15) is 0 Å². The fourth-order valence-electron chi connectivity index (χ4n) is 4.24. The molecule has 0 aliphatic carbocycles. The average molecular weight is 540 g/mol. The Balaban J connectivity index is 1.45. The second kappa shape index (κ2) is 10.9. The highest BCUT2D eigenvalue weighted by molar-refractivity contribution is 7.92. The number of morpholine rings is 1. The molecule has 3 heterocycles. The predicted octanol–water partition coefficient (Wildman–Crippen LogP) is 2.74. The summed E-state index contributed by atoms with van der Waals surface area (Å²) in [5, 5.41) is 0.441. The lowest BCUT2D eigenvalue weighted by atomic mass is 10.1. The number of methoxy groups -OCH3 is 1. The molecule has 0 spiro atoms. The third kappa shape index (κ3) is 5.52. The lowest BCUT2D eigenvalue weighted by Gasteiger charge is -2.26. The first-order valence-electron chi connectivity index (χ1n) is 12.0. The predicted molar refractivity (Wildman–Crippen MR) is 140 cm³/mol. The number of hydrogen-bond acceptors (Lipinski definition) is 8. The summed E-state index contributed by atoms with van der Waals surface area (Å²) in [5.41, 5.74) is 1.71. The molecule has 198 valence electrons. The number of ether oxygens (including phenoxy) is 2. The Hall–Kier alpha value is -3.87. The number of nitrogens with zero attached hydrogens (tertiary/aromatic N) is 4. The molecule has 1 aliphatic heterocycles. The van der Waals surface area contributed by atoms with Crippen molar-refractivity contribution in [1.29, 1.82) is 0 Å². The number of fused-ring (bicyclic) bond motifs is 1. The Bertz CT molecular complexity index is 1620. The molecule has 2 aromatic carbocycles. The molecule has 4 aromatic rings. The number of pyridine rings is 1. The van der Waals surface area contributed by atoms with Crippen molar-refractivity contribution in [3.8, 4) is 17.0 Å². The maximum absolute atomic E-state index is 13.3. The zero-order valence-electron chi connectivity index (χ0n) is 20.6. The van der Waals surface area contributed by atoms with Crippen molar-refractivity contribution in [2.45, 2.75) is 11.4 Å². The number of anilines is 1. The summed E-state index contributed by atoms with van der Waals surface area (Å²) in [6.07, 6.45) is 3.09. The summed E-state index contributed by atoms with van der Waals surface area (Å²) < 4.78 is 53.7. The molecular formula is C26H26FN5O5S. The molecule has 0 atom stereocenters. The van der Waals surface area contributed by atoms with Crippen LogP contribution in [0.15, 0.2) is 70.7 Å². The highest BCUT2D eigenvalue weighted by atomic mass is 32.2. The lowest BCUT2D eigenvalue weighted by Crippen LogP contribution is -2.39. The van der Waals surface area contributed by atoms with E-state index in [1.807, 2.05) is 0 Å². The van der Waals surface area contributed by atoms with Crippen LogP contribution in [0.4, 0.5) is 10.1 Å². The monoisotopic (exact) mass is 539 g/mol. The minimum Gasteiger partial charge on any atom is -0.480 e. The van der Waals surface area contributed by atoms with Crippen LogP contribution in [0.25, 0.3) is 22.0 Å². The van der Waals surface area contributed by atoms with E-state index in [-0.39, 0.29) is 22.0 Å². The van der Waals surface area contributed by atoms with Crippen molar-refractivity contribution < 1.29 is 22.3 Å². The third-order valence-corrected chi connectivity index (χ3v) is 7.71. The average Bonchev–Trinajstić information content (AvgIpc) is 2.93. The van der Waals surface area contributed by atoms with E-state index >= 15 is 0 Å². The second-order valence-corrected chi connectivity index (χ2v) is 10.5. The molecular weight excluding hydrogens is 513 g/mol. The van der Waals surface area contributed by atoms with Crippen molar-refractivity contribution in [2.24, 2.45) is 0 Å². The SMILES string of the molecule is COc1ncc(-c2ccc3ncn(CCN4CCOCC4)c(=O)c3c2)cc1NS(=O)(=O)c1ccc(F)cc1. The number of halogens is 1. The van der Waals surface area contributed by atoms with Crippen molar-refractivity contribution in [1.82, 2.24) is 19.4 Å². The van der Waals surface area contributed by atoms with Gasteiger partial charge >= 0.3 is 0 Å². The van der Waals surface area contributed by atoms with E-state index in [1.54, 1.807) is 35.2 Å². The van der Waals surface area contributed by atoms with Crippen molar-refractivity contribution in [3.05, 3.63) is 77.2 Å². The van der Waals surface area contributed by atoms with Crippen LogP contribution in [0.5, 0.6) is 5.88 Å². The number of hydrogen-bond donors (Lipinski definition) is 1. The zero-order chi connectivity index (χ0) is 26.7. The zero-order valence-corrected chi connectivity index (χ0v) is 21.4. The molecule has 12 heteroatoms. The Morgan fingerprint density at radius 2 is 1.79 bits per heavy atom. The molecule has 0 unspecified atom stereocenters. The van der Waals surface area contributed by atoms with Gasteiger partial charge in [0.05, 0.1) is 42.4 Å². The van der Waals surface area contributed by atoms with E-state index in [9.17, 15) is 17.6 Å². The van der Waals surface area contributed by atoms with E-state index in [1.165, 1.54) is 25.4 Å². The van der Waals surface area contributed by atoms with Crippen LogP contribution >= 0.6 is 0 Å². The smallest absolute Gasteiger partial charge is 0.262 e. The lowest BCUT2D eigenvalue weighted by molar-refractivity contribution is 0.0362. The van der Waals surface area contributed by atoms with Gasteiger partial charge in [-0.3, -0.25) is 19.0 Å². The quantitative estimate of drug-likeness (QED) is 0.364. The van der Waals surface area contributed by atoms with E-state index in [2.05, 4.69) is 19.6 Å². The molecule has 0 saturated carbocycles. The molecule has 38 heavy (non-hydrogen) atoms. The Kier molecular flexibility index (Phi) is 7.36. The summed E-state index contributed by atoms with van der Waals surface area (Å²) >= 11 is 0. The molecule has 1 N–H and O–H groups in total. The molecule has 10 nitrogen and oxygen atoms in total. The van der Waals surface area contributed by atoms with Gasteiger partial charge in [0.1, 0.15) is 11.5 Å². The summed E-state index contributed by atoms with van der Waals surface area (Å²) in [6.45, 7) is 4.26. The van der Waals surface area contributed by atoms with Crippen LogP contribution in [0.2, 0.25) is 0 Å². The van der Waals surface area contributed by atoms with Crippen molar-refractivity contribution in [2.75, 3.05) is 44.7 Å². The van der Waals surface area contributed by atoms with Gasteiger partial charge < -0.3 is 9.47 Å². The first-order chi connectivity index (χ1) is 18.3. The number of nitrogens with one attached hydrogen (secondary N) is 1. The van der Waals surface area contributed by atoms with Gasteiger partial charge in [0.25, 0.3) is 15.6 Å². The minimum absolute atomic E-state index is 0.0624. The van der Waals surface area contributed by atoms with Crippen molar-refractivity contribution in [3.63, 3.8) is 0 Å². The molecule has 1 fully saturated rings. The topological polar surface area (TPSA) is 116 Å². The first-order valence-corrected chi connectivity index (χ1v) is 13.4. The first kappa shape index (κ1) is 25.8. The van der Waals surface area contributed by atoms with Crippen LogP contribution in [-0.2, 0) is 21.3 Å². The van der Waals surface area contributed by atoms with Gasteiger partial charge in [0, 0.05) is 37.9 Å². The largest absolute Gasteiger partial charge is 0.480 e. The van der Waals surface area contributed by atoms with Gasteiger partial charge in [-0.2, -0.15) is 0 Å². The van der Waals surface area contributed by atoms with Gasteiger partial charge in [0.2, 0.25) is 5.88 Å². The maximum atomic E-state index is 13.3. The van der Waals surface area contributed by atoms with E-state index in [0.717, 1.165) is 31.8 Å². The molecule has 0 amide bonds. The Morgan fingerprint density at radius 1 is 1.03 bits per heavy atom. The standard InChI is InChI=1S/C26H26FN5O5S/c1-36-25-24(30-38(34,35)21-5-3-20(27)4-6-21)15-19(16-28-25)18-2-7-23-22(14-18)26(33)32(17-29-23)9-8-31-10-12-37-13-11-31/h2-7,14-17,30H,8-13H2,1H3. The molecule has 2 aromatic heterocycles. The number of rotatable bonds is 8. The normalized spacial score (nSPS) is 14.5. The Labute approximate surface area is 218 Å². The van der Waals surface area contributed by atoms with Gasteiger partial charge in [-0.25, -0.2) is 22.8 Å². The van der Waals surface area contributed by atoms with Gasteiger partial charge in [0.15, 0.2) is 0 Å². The highest BCUT2D eigenvalue weighted by Crippen LogP contribution is 2.31. The number of aromatic nitrogens is 3. The summed E-state index contributed by atoms with van der Waals surface area (Å²) in [7, 11) is -2.66. The van der Waals surface area contributed by atoms with E-state index in [0.29, 0.717) is 41.8 Å². The van der Waals surface area contributed by atoms with Gasteiger partial charge in [-0.1, -0.05) is 6.07 Å². The Morgan fingerprint density at radius 3 is 2.53 bits per heavy atom. The summed E-state index contributed by atoms with van der Waals surface area (Å²) in [5.74, 6) is -0.483. The molecule has 1 saturated heterocycles. The van der Waals surface area contributed by atoms with Gasteiger partial charge in [-0.05, 0) is 48.0 Å². The third-order valence-electron chi connectivity index (χ3n) is 6.33.